The van der Waals surface area contributed by atoms with E-state index >= 15 is 0 Å². The summed E-state index contributed by atoms with van der Waals surface area (Å²) in [5.41, 5.74) is 3.67. The molecule has 0 aromatic heterocycles. The Hall–Kier alpha value is -2.17. The quantitative estimate of drug-likeness (QED) is 0.863. The fourth-order valence-electron chi connectivity index (χ4n) is 2.76. The Balaban J connectivity index is 1.86. The van der Waals surface area contributed by atoms with E-state index in [1.54, 1.807) is 0 Å². The summed E-state index contributed by atoms with van der Waals surface area (Å²) in [6.07, 6.45) is 0. The van der Waals surface area contributed by atoms with Gasteiger partial charge in [0.1, 0.15) is 0 Å². The lowest BCUT2D eigenvalue weighted by Crippen LogP contribution is -2.35. The molecule has 2 aromatic rings. The molecule has 2 aliphatic heterocycles. The van der Waals surface area contributed by atoms with Crippen LogP contribution in [0.15, 0.2) is 48.5 Å². The molecule has 1 amide bonds. The Morgan fingerprint density at radius 1 is 0.950 bits per heavy atom. The van der Waals surface area contributed by atoms with Crippen LogP contribution in [0.2, 0.25) is 0 Å². The molecule has 0 radical (unpaired) electrons. The van der Waals surface area contributed by atoms with Gasteiger partial charge in [-0.2, -0.15) is 0 Å². The van der Waals surface area contributed by atoms with Gasteiger partial charge < -0.3 is 14.8 Å². The smallest absolute Gasteiger partial charge is 0.289 e. The van der Waals surface area contributed by atoms with Crippen molar-refractivity contribution in [1.29, 1.82) is 0 Å². The molecule has 0 bridgehead atoms. The summed E-state index contributed by atoms with van der Waals surface area (Å²) in [4.78, 5) is 12.1. The van der Waals surface area contributed by atoms with E-state index < -0.39 is 5.79 Å². The van der Waals surface area contributed by atoms with Crippen LogP contribution < -0.4 is 5.32 Å². The van der Waals surface area contributed by atoms with Crippen molar-refractivity contribution in [2.45, 2.75) is 5.79 Å². The minimum Gasteiger partial charge on any atom is -0.336 e. The number of carbonyl (C=O) groups excluding carboxylic acids is 1. The van der Waals surface area contributed by atoms with Gasteiger partial charge in [0.05, 0.1) is 18.9 Å². The Kier molecular flexibility index (Phi) is 2.42. The van der Waals surface area contributed by atoms with Crippen LogP contribution >= 0.6 is 0 Å². The summed E-state index contributed by atoms with van der Waals surface area (Å²) in [5.74, 6) is -1.49. The Morgan fingerprint density at radius 2 is 1.70 bits per heavy atom. The van der Waals surface area contributed by atoms with E-state index in [1.165, 1.54) is 0 Å². The van der Waals surface area contributed by atoms with Gasteiger partial charge in [0.25, 0.3) is 11.7 Å². The first kappa shape index (κ1) is 11.6. The lowest BCUT2D eigenvalue weighted by atomic mass is 9.99. The Labute approximate surface area is 116 Å². The Bertz CT molecular complexity index is 675. The summed E-state index contributed by atoms with van der Waals surface area (Å²) in [7, 11) is 0. The van der Waals surface area contributed by atoms with Gasteiger partial charge in [-0.05, 0) is 23.3 Å². The number of rotatable bonds is 1. The predicted octanol–water partition coefficient (Wildman–Crippen LogP) is 2.51. The zero-order chi connectivity index (χ0) is 13.6. The zero-order valence-corrected chi connectivity index (χ0v) is 10.8. The van der Waals surface area contributed by atoms with Crippen LogP contribution in [0.5, 0.6) is 0 Å². The van der Waals surface area contributed by atoms with Crippen molar-refractivity contribution >= 4 is 11.6 Å². The molecule has 4 heteroatoms. The normalized spacial score (nSPS) is 19.1. The van der Waals surface area contributed by atoms with E-state index in [0.29, 0.717) is 13.2 Å². The molecule has 1 spiro atoms. The largest absolute Gasteiger partial charge is 0.336 e. The molecule has 4 nitrogen and oxygen atoms in total. The maximum absolute atomic E-state index is 12.1. The van der Waals surface area contributed by atoms with Gasteiger partial charge in [0.2, 0.25) is 0 Å². The molecule has 2 heterocycles. The van der Waals surface area contributed by atoms with Crippen molar-refractivity contribution in [2.24, 2.45) is 0 Å². The van der Waals surface area contributed by atoms with Crippen molar-refractivity contribution in [1.82, 2.24) is 0 Å². The topological polar surface area (TPSA) is 47.6 Å². The van der Waals surface area contributed by atoms with Crippen LogP contribution in [0, 0.1) is 0 Å². The second-order valence-electron chi connectivity index (χ2n) is 4.89. The lowest BCUT2D eigenvalue weighted by molar-refractivity contribution is -0.178. The average Bonchev–Trinajstić information content (AvgIpc) is 3.08. The SMILES string of the molecule is O=C1Nc2ccc(-c3ccccc3)cc2C12OCCO2. The number of amides is 1. The lowest BCUT2D eigenvalue weighted by Gasteiger charge is -2.19. The van der Waals surface area contributed by atoms with Crippen LogP contribution in [0.1, 0.15) is 5.56 Å². The number of fused-ring (bicyclic) bond motifs is 2. The average molecular weight is 267 g/mol. The maximum atomic E-state index is 12.1. The number of ether oxygens (including phenoxy) is 2. The van der Waals surface area contributed by atoms with Crippen LogP contribution in [-0.4, -0.2) is 19.1 Å². The minimum absolute atomic E-state index is 0.241. The first-order chi connectivity index (χ1) is 9.79. The molecular formula is C16H13NO3. The first-order valence-electron chi connectivity index (χ1n) is 6.59. The predicted molar refractivity (Wildman–Crippen MR) is 74.1 cm³/mol. The zero-order valence-electron chi connectivity index (χ0n) is 10.8. The molecule has 0 saturated carbocycles. The second kappa shape index (κ2) is 4.16. The fraction of sp³-hybridized carbons (Fsp3) is 0.188. The molecule has 1 N–H and O–H groups in total. The van der Waals surface area contributed by atoms with Crippen molar-refractivity contribution in [3.63, 3.8) is 0 Å². The van der Waals surface area contributed by atoms with E-state index in [2.05, 4.69) is 5.32 Å². The minimum atomic E-state index is -1.25. The van der Waals surface area contributed by atoms with Crippen molar-refractivity contribution in [3.05, 3.63) is 54.1 Å². The van der Waals surface area contributed by atoms with Gasteiger partial charge in [-0.3, -0.25) is 4.79 Å². The number of carbonyl (C=O) groups is 1. The summed E-state index contributed by atoms with van der Waals surface area (Å²) < 4.78 is 11.2. The molecule has 0 unspecified atom stereocenters. The van der Waals surface area contributed by atoms with E-state index in [-0.39, 0.29) is 5.91 Å². The van der Waals surface area contributed by atoms with Crippen LogP contribution in [-0.2, 0) is 20.1 Å². The van der Waals surface area contributed by atoms with Crippen molar-refractivity contribution < 1.29 is 14.3 Å². The van der Waals surface area contributed by atoms with Crippen LogP contribution in [0.25, 0.3) is 11.1 Å². The maximum Gasteiger partial charge on any atom is 0.289 e. The molecule has 1 saturated heterocycles. The molecule has 100 valence electrons. The van der Waals surface area contributed by atoms with E-state index in [4.69, 9.17) is 9.47 Å². The van der Waals surface area contributed by atoms with E-state index in [0.717, 1.165) is 22.4 Å². The number of anilines is 1. The first-order valence-corrected chi connectivity index (χ1v) is 6.59. The second-order valence-corrected chi connectivity index (χ2v) is 4.89. The van der Waals surface area contributed by atoms with Crippen LogP contribution in [0.4, 0.5) is 5.69 Å². The summed E-state index contributed by atoms with van der Waals surface area (Å²) in [6, 6.07) is 15.9. The third-order valence-corrected chi connectivity index (χ3v) is 3.72. The molecule has 2 aliphatic rings. The van der Waals surface area contributed by atoms with Crippen molar-refractivity contribution in [2.75, 3.05) is 18.5 Å². The van der Waals surface area contributed by atoms with Crippen LogP contribution in [0.3, 0.4) is 0 Å². The Morgan fingerprint density at radius 3 is 2.45 bits per heavy atom. The highest BCUT2D eigenvalue weighted by molar-refractivity contribution is 6.04. The van der Waals surface area contributed by atoms with E-state index in [1.807, 2.05) is 48.5 Å². The molecule has 20 heavy (non-hydrogen) atoms. The third kappa shape index (κ3) is 1.52. The summed E-state index contributed by atoms with van der Waals surface area (Å²) in [5, 5.41) is 2.82. The third-order valence-electron chi connectivity index (χ3n) is 3.72. The molecule has 0 atom stereocenters. The highest BCUT2D eigenvalue weighted by atomic mass is 16.7. The molecule has 1 fully saturated rings. The van der Waals surface area contributed by atoms with Gasteiger partial charge in [0.15, 0.2) is 0 Å². The highest BCUT2D eigenvalue weighted by Gasteiger charge is 2.52. The van der Waals surface area contributed by atoms with Gasteiger partial charge in [0, 0.05) is 5.56 Å². The fourth-order valence-corrected chi connectivity index (χ4v) is 2.76. The summed E-state index contributed by atoms with van der Waals surface area (Å²) in [6.45, 7) is 0.866. The van der Waals surface area contributed by atoms with Gasteiger partial charge in [-0.15, -0.1) is 0 Å². The highest BCUT2D eigenvalue weighted by Crippen LogP contribution is 2.43. The van der Waals surface area contributed by atoms with E-state index in [9.17, 15) is 4.79 Å². The number of benzene rings is 2. The monoisotopic (exact) mass is 267 g/mol. The summed E-state index contributed by atoms with van der Waals surface area (Å²) >= 11 is 0. The standard InChI is InChI=1S/C16H13NO3/c18-15-16(19-8-9-20-16)13-10-12(6-7-14(13)17-15)11-4-2-1-3-5-11/h1-7,10H,8-9H2,(H,17,18). The molecule has 2 aromatic carbocycles. The molecular weight excluding hydrogens is 254 g/mol. The number of hydrogen-bond donors (Lipinski definition) is 1. The van der Waals surface area contributed by atoms with Gasteiger partial charge in [-0.1, -0.05) is 36.4 Å². The molecule has 0 aliphatic carbocycles. The molecule has 4 rings (SSSR count). The van der Waals surface area contributed by atoms with Gasteiger partial charge >= 0.3 is 0 Å². The van der Waals surface area contributed by atoms with Gasteiger partial charge in [-0.25, -0.2) is 0 Å². The number of hydrogen-bond acceptors (Lipinski definition) is 3. The number of nitrogens with one attached hydrogen (secondary N) is 1. The van der Waals surface area contributed by atoms with Crippen molar-refractivity contribution in [3.8, 4) is 11.1 Å².